The van der Waals surface area contributed by atoms with Gasteiger partial charge in [0.25, 0.3) is 5.56 Å². The van der Waals surface area contributed by atoms with Crippen LogP contribution in [0.3, 0.4) is 0 Å². The maximum absolute atomic E-state index is 12.7. The smallest absolute Gasteiger partial charge is 0.276 e. The molecule has 2 N–H and O–H groups in total. The molecule has 0 aromatic carbocycles. The Morgan fingerprint density at radius 2 is 1.96 bits per heavy atom. The lowest BCUT2D eigenvalue weighted by Crippen LogP contribution is -2.50. The summed E-state index contributed by atoms with van der Waals surface area (Å²) in [6.45, 7) is 4.26. The molecule has 1 fully saturated rings. The number of nitrogens with zero attached hydrogens (tertiary/aromatic N) is 3. The summed E-state index contributed by atoms with van der Waals surface area (Å²) in [6, 6.07) is 6.11. The van der Waals surface area contributed by atoms with E-state index in [1.165, 1.54) is 0 Å². The predicted octanol–water partition coefficient (Wildman–Crippen LogP) is 1.17. The average Bonchev–Trinajstić information content (AvgIpc) is 2.93. The molecule has 132 valence electrons. The van der Waals surface area contributed by atoms with E-state index < -0.39 is 0 Å². The molecule has 1 unspecified atom stereocenters. The first-order chi connectivity index (χ1) is 10.8. The molecule has 1 aliphatic carbocycles. The van der Waals surface area contributed by atoms with Crippen molar-refractivity contribution in [3.63, 3.8) is 0 Å². The molecular formula is C16H23Cl2N5O. The quantitative estimate of drug-likeness (QED) is 0.831. The minimum absolute atomic E-state index is 0. The molecule has 1 atom stereocenters. The van der Waals surface area contributed by atoms with Crippen LogP contribution in [0.25, 0.3) is 5.82 Å². The highest BCUT2D eigenvalue weighted by molar-refractivity contribution is 5.85. The van der Waals surface area contributed by atoms with Gasteiger partial charge in [0, 0.05) is 49.7 Å². The molecule has 2 aromatic rings. The molecule has 6 nitrogen and oxygen atoms in total. The van der Waals surface area contributed by atoms with Crippen molar-refractivity contribution in [1.82, 2.24) is 25.0 Å². The standard InChI is InChI=1S/C16H21N5O.2ClH/c22-16-13-11-12(20-9-7-17-8-10-20)4-5-14(13)19-21(16)15-3-1-2-6-18-15;;/h1-3,6,12,17,19H,4-5,7-11H2;2*1H. The zero-order valence-electron chi connectivity index (χ0n) is 13.4. The number of hydrogen-bond acceptors (Lipinski definition) is 4. The van der Waals surface area contributed by atoms with Crippen molar-refractivity contribution in [2.75, 3.05) is 26.2 Å². The summed E-state index contributed by atoms with van der Waals surface area (Å²) in [5.74, 6) is 0.667. The monoisotopic (exact) mass is 371 g/mol. The molecule has 24 heavy (non-hydrogen) atoms. The average molecular weight is 372 g/mol. The number of rotatable bonds is 2. The molecular weight excluding hydrogens is 349 g/mol. The Balaban J connectivity index is 0.00000104. The fourth-order valence-corrected chi connectivity index (χ4v) is 3.59. The zero-order chi connectivity index (χ0) is 14.9. The number of aromatic amines is 1. The number of piperazine rings is 1. The van der Waals surface area contributed by atoms with E-state index >= 15 is 0 Å². The van der Waals surface area contributed by atoms with Crippen molar-refractivity contribution in [2.24, 2.45) is 0 Å². The highest BCUT2D eigenvalue weighted by Crippen LogP contribution is 2.22. The lowest BCUT2D eigenvalue weighted by atomic mass is 9.92. The van der Waals surface area contributed by atoms with Gasteiger partial charge in [-0.15, -0.1) is 24.8 Å². The first-order valence-corrected chi connectivity index (χ1v) is 8.02. The maximum atomic E-state index is 12.7. The van der Waals surface area contributed by atoms with E-state index in [2.05, 4.69) is 20.3 Å². The third-order valence-corrected chi connectivity index (χ3v) is 4.79. The van der Waals surface area contributed by atoms with Gasteiger partial charge in [0.2, 0.25) is 0 Å². The van der Waals surface area contributed by atoms with Gasteiger partial charge in [0.05, 0.1) is 0 Å². The Morgan fingerprint density at radius 1 is 1.17 bits per heavy atom. The second-order valence-electron chi connectivity index (χ2n) is 6.08. The van der Waals surface area contributed by atoms with Gasteiger partial charge in [-0.3, -0.25) is 14.8 Å². The summed E-state index contributed by atoms with van der Waals surface area (Å²) in [4.78, 5) is 19.5. The van der Waals surface area contributed by atoms with Crippen molar-refractivity contribution >= 4 is 24.8 Å². The van der Waals surface area contributed by atoms with Gasteiger partial charge < -0.3 is 5.32 Å². The highest BCUT2D eigenvalue weighted by atomic mass is 35.5. The molecule has 0 radical (unpaired) electrons. The van der Waals surface area contributed by atoms with Crippen molar-refractivity contribution in [2.45, 2.75) is 25.3 Å². The lowest BCUT2D eigenvalue weighted by molar-refractivity contribution is 0.159. The summed E-state index contributed by atoms with van der Waals surface area (Å²) in [6.07, 6.45) is 4.63. The van der Waals surface area contributed by atoms with Crippen LogP contribution in [0.1, 0.15) is 17.7 Å². The lowest BCUT2D eigenvalue weighted by Gasteiger charge is -2.36. The Bertz CT molecular complexity index is 709. The molecule has 0 spiro atoms. The van der Waals surface area contributed by atoms with Gasteiger partial charge in [0.1, 0.15) is 0 Å². The molecule has 0 bridgehead atoms. The molecule has 1 aliphatic heterocycles. The number of fused-ring (bicyclic) bond motifs is 1. The van der Waals surface area contributed by atoms with Crippen LogP contribution in [-0.2, 0) is 12.8 Å². The molecule has 2 aromatic heterocycles. The van der Waals surface area contributed by atoms with Gasteiger partial charge in [-0.2, -0.15) is 0 Å². The van der Waals surface area contributed by atoms with Crippen molar-refractivity contribution in [1.29, 1.82) is 0 Å². The van der Waals surface area contributed by atoms with Crippen LogP contribution in [0, 0.1) is 0 Å². The Kier molecular flexibility index (Phi) is 6.46. The van der Waals surface area contributed by atoms with Crippen LogP contribution in [0.5, 0.6) is 0 Å². The fourth-order valence-electron chi connectivity index (χ4n) is 3.59. The Labute approximate surface area is 153 Å². The molecule has 0 saturated carbocycles. The van der Waals surface area contributed by atoms with Crippen LogP contribution < -0.4 is 10.9 Å². The second kappa shape index (κ2) is 8.16. The van der Waals surface area contributed by atoms with Gasteiger partial charge in [-0.05, 0) is 31.4 Å². The molecule has 3 heterocycles. The fraction of sp³-hybridized carbons (Fsp3) is 0.500. The second-order valence-corrected chi connectivity index (χ2v) is 6.08. The summed E-state index contributed by atoms with van der Waals surface area (Å²) in [5.41, 5.74) is 2.09. The number of nitrogens with one attached hydrogen (secondary N) is 2. The van der Waals surface area contributed by atoms with E-state index in [-0.39, 0.29) is 30.4 Å². The number of aryl methyl sites for hydroxylation is 1. The maximum Gasteiger partial charge on any atom is 0.276 e. The molecule has 0 amide bonds. The van der Waals surface area contributed by atoms with Crippen molar-refractivity contribution in [3.8, 4) is 5.82 Å². The minimum Gasteiger partial charge on any atom is -0.314 e. The van der Waals surface area contributed by atoms with Gasteiger partial charge in [0.15, 0.2) is 5.82 Å². The number of hydrogen-bond donors (Lipinski definition) is 2. The Hall–Kier alpha value is -1.34. The summed E-state index contributed by atoms with van der Waals surface area (Å²) in [5, 5.41) is 6.64. The summed E-state index contributed by atoms with van der Waals surface area (Å²) in [7, 11) is 0. The van der Waals surface area contributed by atoms with E-state index in [1.807, 2.05) is 18.2 Å². The van der Waals surface area contributed by atoms with Gasteiger partial charge in [-0.1, -0.05) is 6.07 Å². The van der Waals surface area contributed by atoms with Crippen molar-refractivity contribution < 1.29 is 0 Å². The van der Waals surface area contributed by atoms with Crippen molar-refractivity contribution in [3.05, 3.63) is 46.0 Å². The van der Waals surface area contributed by atoms with Crippen LogP contribution in [0.4, 0.5) is 0 Å². The molecule has 4 rings (SSSR count). The number of aromatic nitrogens is 3. The van der Waals surface area contributed by atoms with E-state index in [1.54, 1.807) is 10.9 Å². The van der Waals surface area contributed by atoms with E-state index in [0.29, 0.717) is 11.9 Å². The predicted molar refractivity (Wildman–Crippen MR) is 98.9 cm³/mol. The van der Waals surface area contributed by atoms with E-state index in [9.17, 15) is 4.79 Å². The number of H-pyrrole nitrogens is 1. The number of pyridine rings is 1. The first kappa shape index (κ1) is 19.0. The SMILES string of the molecule is Cl.Cl.O=c1c2c([nH]n1-c1ccccn1)CCC(N1CCNCC1)C2. The van der Waals surface area contributed by atoms with Crippen LogP contribution >= 0.6 is 24.8 Å². The summed E-state index contributed by atoms with van der Waals surface area (Å²) >= 11 is 0. The van der Waals surface area contributed by atoms with E-state index in [0.717, 1.165) is 56.7 Å². The first-order valence-electron chi connectivity index (χ1n) is 8.02. The third-order valence-electron chi connectivity index (χ3n) is 4.79. The summed E-state index contributed by atoms with van der Waals surface area (Å²) < 4.78 is 1.59. The zero-order valence-corrected chi connectivity index (χ0v) is 15.0. The number of halogens is 2. The normalized spacial score (nSPS) is 20.6. The van der Waals surface area contributed by atoms with Crippen LogP contribution in [-0.4, -0.2) is 51.9 Å². The Morgan fingerprint density at radius 3 is 2.67 bits per heavy atom. The van der Waals surface area contributed by atoms with Gasteiger partial charge in [-0.25, -0.2) is 9.67 Å². The largest absolute Gasteiger partial charge is 0.314 e. The van der Waals surface area contributed by atoms with Crippen LogP contribution in [0.2, 0.25) is 0 Å². The topological polar surface area (TPSA) is 66.0 Å². The third kappa shape index (κ3) is 3.52. The minimum atomic E-state index is 0. The highest BCUT2D eigenvalue weighted by Gasteiger charge is 2.29. The van der Waals surface area contributed by atoms with E-state index in [4.69, 9.17) is 0 Å². The van der Waals surface area contributed by atoms with Crippen LogP contribution in [0.15, 0.2) is 29.2 Å². The molecule has 2 aliphatic rings. The van der Waals surface area contributed by atoms with Gasteiger partial charge >= 0.3 is 0 Å². The molecule has 1 saturated heterocycles. The molecule has 8 heteroatoms.